The molecule has 34 heavy (non-hydrogen) atoms. The van der Waals surface area contributed by atoms with E-state index in [0.29, 0.717) is 35.3 Å². The minimum absolute atomic E-state index is 0.200. The van der Waals surface area contributed by atoms with Crippen LogP contribution in [0.3, 0.4) is 0 Å². The van der Waals surface area contributed by atoms with E-state index in [1.54, 1.807) is 42.5 Å². The third kappa shape index (κ3) is 3.07. The van der Waals surface area contributed by atoms with Crippen molar-refractivity contribution < 1.29 is 28.6 Å². The number of fused-ring (bicyclic) bond motifs is 5. The number of amides is 1. The van der Waals surface area contributed by atoms with Crippen molar-refractivity contribution in [3.63, 3.8) is 0 Å². The number of rotatable bonds is 4. The van der Waals surface area contributed by atoms with Crippen molar-refractivity contribution in [2.75, 3.05) is 0 Å². The normalized spacial score (nSPS) is 24.3. The van der Waals surface area contributed by atoms with Gasteiger partial charge in [0.25, 0.3) is 0 Å². The van der Waals surface area contributed by atoms with Crippen LogP contribution in [0.4, 0.5) is 4.79 Å². The lowest BCUT2D eigenvalue weighted by molar-refractivity contribution is -0.165. The van der Waals surface area contributed by atoms with Crippen LogP contribution in [0.2, 0.25) is 0 Å². The fourth-order valence-electron chi connectivity index (χ4n) is 4.98. The molecule has 2 unspecified atom stereocenters. The number of carbonyl (C=O) groups excluding carboxylic acids is 3. The lowest BCUT2D eigenvalue weighted by Crippen LogP contribution is -2.63. The zero-order chi connectivity index (χ0) is 24.1. The van der Waals surface area contributed by atoms with Crippen LogP contribution in [-0.2, 0) is 19.9 Å². The van der Waals surface area contributed by atoms with E-state index in [1.165, 1.54) is 6.92 Å². The van der Waals surface area contributed by atoms with Crippen LogP contribution in [0.1, 0.15) is 50.7 Å². The van der Waals surface area contributed by atoms with Crippen molar-refractivity contribution in [1.29, 1.82) is 0 Å². The van der Waals surface area contributed by atoms with Gasteiger partial charge in [-0.25, -0.2) is 4.79 Å². The Morgan fingerprint density at radius 3 is 2.50 bits per heavy atom. The molecule has 174 valence electrons. The summed E-state index contributed by atoms with van der Waals surface area (Å²) in [5.74, 6) is -1.90. The Labute approximate surface area is 197 Å². The standard InChI is InChI=1S/C27H25NO6/c1-16(2)18-13-14-22-23(15-18)33-27(34-25(31)32-19-9-5-4-6-10-19)21-12-8-7-11-20(21)24(30)26(22,27)28-17(3)29/h4-6,9-16H,7-8H2,1-3H3,(H,28,29). The molecule has 1 amide bonds. The topological polar surface area (TPSA) is 90.9 Å². The molecule has 7 nitrogen and oxygen atoms in total. The first-order valence-corrected chi connectivity index (χ1v) is 11.3. The molecule has 2 aliphatic carbocycles. The van der Waals surface area contributed by atoms with E-state index in [4.69, 9.17) is 14.2 Å². The second-order valence-corrected chi connectivity index (χ2v) is 8.97. The summed E-state index contributed by atoms with van der Waals surface area (Å²) in [6, 6.07) is 14.0. The Kier molecular flexibility index (Phi) is 5.08. The van der Waals surface area contributed by atoms with Gasteiger partial charge in [0.1, 0.15) is 11.5 Å². The first kappa shape index (κ1) is 21.9. The maximum absolute atomic E-state index is 14.0. The predicted molar refractivity (Wildman–Crippen MR) is 123 cm³/mol. The lowest BCUT2D eigenvalue weighted by atomic mass is 9.83. The van der Waals surface area contributed by atoms with Crippen LogP contribution in [0.5, 0.6) is 11.5 Å². The van der Waals surface area contributed by atoms with Gasteiger partial charge in [-0.05, 0) is 42.5 Å². The number of allylic oxidation sites excluding steroid dienone is 2. The molecule has 0 spiro atoms. The highest BCUT2D eigenvalue weighted by Crippen LogP contribution is 2.60. The Morgan fingerprint density at radius 1 is 1.06 bits per heavy atom. The van der Waals surface area contributed by atoms with Gasteiger partial charge in [-0.2, -0.15) is 0 Å². The molecular formula is C27H25NO6. The first-order valence-electron chi connectivity index (χ1n) is 11.3. The second kappa shape index (κ2) is 7.87. The summed E-state index contributed by atoms with van der Waals surface area (Å²) in [4.78, 5) is 39.5. The van der Waals surface area contributed by atoms with Crippen molar-refractivity contribution in [3.05, 3.63) is 83.0 Å². The second-order valence-electron chi connectivity index (χ2n) is 8.97. The van der Waals surface area contributed by atoms with Crippen LogP contribution in [0.15, 0.2) is 71.8 Å². The van der Waals surface area contributed by atoms with Gasteiger partial charge < -0.3 is 19.5 Å². The quantitative estimate of drug-likeness (QED) is 0.528. The van der Waals surface area contributed by atoms with Crippen molar-refractivity contribution in [3.8, 4) is 11.5 Å². The molecule has 2 aromatic carbocycles. The third-order valence-corrected chi connectivity index (χ3v) is 6.45. The molecule has 1 fully saturated rings. The Morgan fingerprint density at radius 2 is 1.79 bits per heavy atom. The molecule has 0 bridgehead atoms. The summed E-state index contributed by atoms with van der Waals surface area (Å²) in [6.07, 6.45) is 3.89. The average molecular weight is 459 g/mol. The fraction of sp³-hybridized carbons (Fsp3) is 0.296. The van der Waals surface area contributed by atoms with E-state index in [-0.39, 0.29) is 17.5 Å². The number of Topliss-reactive ketones (excluding diaryl/α,β-unsaturated/α-hetero) is 1. The Bertz CT molecular complexity index is 1260. The largest absolute Gasteiger partial charge is 0.517 e. The van der Waals surface area contributed by atoms with Crippen LogP contribution >= 0.6 is 0 Å². The van der Waals surface area contributed by atoms with Crippen molar-refractivity contribution >= 4 is 17.8 Å². The minimum Gasteiger partial charge on any atom is -0.445 e. The monoisotopic (exact) mass is 459 g/mol. The SMILES string of the molecule is CC(=O)NC12C(=O)C3=CCCC=C3C1(OC(=O)Oc1ccccc1)Oc1cc(C(C)C)ccc12. The first-order chi connectivity index (χ1) is 16.3. The maximum atomic E-state index is 14.0. The van der Waals surface area contributed by atoms with Gasteiger partial charge in [-0.3, -0.25) is 9.59 Å². The summed E-state index contributed by atoms with van der Waals surface area (Å²) in [5, 5.41) is 2.81. The van der Waals surface area contributed by atoms with Crippen LogP contribution < -0.4 is 14.8 Å². The molecule has 0 radical (unpaired) electrons. The van der Waals surface area contributed by atoms with E-state index >= 15 is 0 Å². The molecule has 2 aromatic rings. The van der Waals surface area contributed by atoms with E-state index in [2.05, 4.69) is 5.32 Å². The molecule has 0 aromatic heterocycles. The van der Waals surface area contributed by atoms with E-state index in [1.807, 2.05) is 32.1 Å². The number of carbonyl (C=O) groups is 3. The van der Waals surface area contributed by atoms with E-state index < -0.39 is 23.4 Å². The molecule has 2 atom stereocenters. The van der Waals surface area contributed by atoms with Crippen LogP contribution in [0, 0.1) is 0 Å². The van der Waals surface area contributed by atoms with Gasteiger partial charge in [0.05, 0.1) is 0 Å². The smallest absolute Gasteiger partial charge is 0.445 e. The van der Waals surface area contributed by atoms with Crippen molar-refractivity contribution in [1.82, 2.24) is 5.32 Å². The molecule has 1 aliphatic heterocycles. The number of benzene rings is 2. The lowest BCUT2D eigenvalue weighted by Gasteiger charge is -2.36. The van der Waals surface area contributed by atoms with Crippen molar-refractivity contribution in [2.45, 2.75) is 50.9 Å². The number of hydrogen-bond donors (Lipinski definition) is 1. The van der Waals surface area contributed by atoms with Crippen LogP contribution in [-0.4, -0.2) is 23.6 Å². The van der Waals surface area contributed by atoms with E-state index in [0.717, 1.165) is 5.56 Å². The summed E-state index contributed by atoms with van der Waals surface area (Å²) >= 11 is 0. The van der Waals surface area contributed by atoms with Gasteiger partial charge in [0, 0.05) is 23.6 Å². The molecule has 3 aliphatic rings. The molecular weight excluding hydrogens is 434 g/mol. The summed E-state index contributed by atoms with van der Waals surface area (Å²) in [6.45, 7) is 5.40. The summed E-state index contributed by atoms with van der Waals surface area (Å²) < 4.78 is 17.7. The zero-order valence-electron chi connectivity index (χ0n) is 19.2. The average Bonchev–Trinajstić information content (AvgIpc) is 3.18. The van der Waals surface area contributed by atoms with Gasteiger partial charge in [-0.15, -0.1) is 0 Å². The van der Waals surface area contributed by atoms with Crippen LogP contribution in [0.25, 0.3) is 0 Å². The number of hydrogen-bond acceptors (Lipinski definition) is 6. The van der Waals surface area contributed by atoms with Gasteiger partial charge in [-0.1, -0.05) is 56.3 Å². The highest BCUT2D eigenvalue weighted by atomic mass is 16.8. The van der Waals surface area contributed by atoms with Gasteiger partial charge >= 0.3 is 11.9 Å². The number of para-hydroxylation sites is 1. The Balaban J connectivity index is 1.69. The predicted octanol–water partition coefficient (Wildman–Crippen LogP) is 4.68. The minimum atomic E-state index is -1.92. The molecule has 5 rings (SSSR count). The maximum Gasteiger partial charge on any atom is 0.517 e. The number of ether oxygens (including phenoxy) is 3. The zero-order valence-corrected chi connectivity index (χ0v) is 19.2. The van der Waals surface area contributed by atoms with Gasteiger partial charge in [0.2, 0.25) is 17.2 Å². The molecule has 7 heteroatoms. The summed E-state index contributed by atoms with van der Waals surface area (Å²) in [5.41, 5.74) is 0.470. The molecule has 1 heterocycles. The Hall–Kier alpha value is -3.87. The molecule has 0 saturated heterocycles. The number of nitrogens with one attached hydrogen (secondary N) is 1. The van der Waals surface area contributed by atoms with E-state index in [9.17, 15) is 14.4 Å². The number of ketones is 1. The highest BCUT2D eigenvalue weighted by Gasteiger charge is 2.76. The van der Waals surface area contributed by atoms with Crippen molar-refractivity contribution in [2.24, 2.45) is 0 Å². The molecule has 1 N–H and O–H groups in total. The van der Waals surface area contributed by atoms with Gasteiger partial charge in [0.15, 0.2) is 0 Å². The third-order valence-electron chi connectivity index (χ3n) is 6.45. The fourth-order valence-corrected chi connectivity index (χ4v) is 4.98. The molecule has 1 saturated carbocycles. The highest BCUT2D eigenvalue weighted by molar-refractivity contribution is 6.15. The summed E-state index contributed by atoms with van der Waals surface area (Å²) in [7, 11) is 0.